The van der Waals surface area contributed by atoms with Gasteiger partial charge in [-0.05, 0) is 91.4 Å². The molecule has 0 unspecified atom stereocenters. The summed E-state index contributed by atoms with van der Waals surface area (Å²) < 4.78 is 28.3. The van der Waals surface area contributed by atoms with Gasteiger partial charge in [-0.1, -0.05) is 81.8 Å². The maximum Gasteiger partial charge on any atom is 0.131 e. The Balaban J connectivity index is 1.45. The fourth-order valence-corrected chi connectivity index (χ4v) is 6.61. The van der Waals surface area contributed by atoms with Crippen LogP contribution < -0.4 is 0 Å². The number of halogens is 2. The predicted molar refractivity (Wildman–Crippen MR) is 136 cm³/mol. The molecule has 33 heavy (non-hydrogen) atoms. The van der Waals surface area contributed by atoms with E-state index in [2.05, 4.69) is 37.3 Å². The van der Waals surface area contributed by atoms with Crippen molar-refractivity contribution in [3.05, 3.63) is 59.4 Å². The van der Waals surface area contributed by atoms with Crippen LogP contribution in [0.4, 0.5) is 8.78 Å². The van der Waals surface area contributed by atoms with Gasteiger partial charge in [-0.25, -0.2) is 4.39 Å². The van der Waals surface area contributed by atoms with Crippen LogP contribution in [-0.2, 0) is 5.41 Å². The van der Waals surface area contributed by atoms with E-state index in [0.717, 1.165) is 49.1 Å². The van der Waals surface area contributed by atoms with E-state index in [0.29, 0.717) is 17.9 Å². The minimum absolute atomic E-state index is 0.0382. The second-order valence-electron chi connectivity index (χ2n) is 10.8. The highest BCUT2D eigenvalue weighted by atomic mass is 19.1. The first kappa shape index (κ1) is 24.4. The van der Waals surface area contributed by atoms with Gasteiger partial charge in [-0.3, -0.25) is 4.39 Å². The SMILES string of the molecule is CCCCC1CCC(c2ccc(-c3ccc(C4(CCCF)CCCCC4)cc3F)cc2)CC1. The molecular weight excluding hydrogens is 410 g/mol. The zero-order valence-electron chi connectivity index (χ0n) is 20.6. The van der Waals surface area contributed by atoms with Crippen molar-refractivity contribution in [3.8, 4) is 11.1 Å². The minimum Gasteiger partial charge on any atom is -0.251 e. The predicted octanol–water partition coefficient (Wildman–Crippen LogP) is 9.91. The molecule has 0 atom stereocenters. The molecule has 2 aliphatic rings. The Kier molecular flexibility index (Phi) is 8.61. The lowest BCUT2D eigenvalue weighted by atomic mass is 9.67. The van der Waals surface area contributed by atoms with Crippen molar-refractivity contribution in [3.63, 3.8) is 0 Å². The summed E-state index contributed by atoms with van der Waals surface area (Å²) in [7, 11) is 0. The van der Waals surface area contributed by atoms with Gasteiger partial charge in [-0.2, -0.15) is 0 Å². The lowest BCUT2D eigenvalue weighted by molar-refractivity contribution is 0.257. The van der Waals surface area contributed by atoms with E-state index in [9.17, 15) is 4.39 Å². The van der Waals surface area contributed by atoms with Crippen LogP contribution in [0.3, 0.4) is 0 Å². The summed E-state index contributed by atoms with van der Waals surface area (Å²) in [6.07, 6.45) is 16.4. The molecule has 2 aliphatic carbocycles. The van der Waals surface area contributed by atoms with Crippen LogP contribution in [0.15, 0.2) is 42.5 Å². The van der Waals surface area contributed by atoms with E-state index >= 15 is 4.39 Å². The van der Waals surface area contributed by atoms with Gasteiger partial charge in [0.2, 0.25) is 0 Å². The van der Waals surface area contributed by atoms with Crippen molar-refractivity contribution in [1.82, 2.24) is 0 Å². The number of unbranched alkanes of at least 4 members (excludes halogenated alkanes) is 1. The fourth-order valence-electron chi connectivity index (χ4n) is 6.61. The lowest BCUT2D eigenvalue weighted by Gasteiger charge is -2.38. The van der Waals surface area contributed by atoms with E-state index in [1.54, 1.807) is 6.07 Å². The van der Waals surface area contributed by atoms with Gasteiger partial charge >= 0.3 is 0 Å². The molecule has 2 heteroatoms. The summed E-state index contributed by atoms with van der Waals surface area (Å²) >= 11 is 0. The van der Waals surface area contributed by atoms with Crippen LogP contribution in [0, 0.1) is 11.7 Å². The molecule has 2 aromatic carbocycles. The molecule has 0 bridgehead atoms. The summed E-state index contributed by atoms with van der Waals surface area (Å²) in [5.41, 5.74) is 4.10. The smallest absolute Gasteiger partial charge is 0.131 e. The Morgan fingerprint density at radius 1 is 0.879 bits per heavy atom. The summed E-state index contributed by atoms with van der Waals surface area (Å²) in [5, 5.41) is 0. The molecule has 0 aliphatic heterocycles. The Morgan fingerprint density at radius 3 is 2.24 bits per heavy atom. The van der Waals surface area contributed by atoms with E-state index in [4.69, 9.17) is 0 Å². The number of benzene rings is 2. The van der Waals surface area contributed by atoms with Crippen LogP contribution >= 0.6 is 0 Å². The first-order valence-corrected chi connectivity index (χ1v) is 13.6. The second kappa shape index (κ2) is 11.6. The molecular formula is C31H42F2. The van der Waals surface area contributed by atoms with Crippen LogP contribution in [0.2, 0.25) is 0 Å². The van der Waals surface area contributed by atoms with E-state index in [1.807, 2.05) is 6.07 Å². The normalized spacial score (nSPS) is 22.9. The molecule has 4 rings (SSSR count). The summed E-state index contributed by atoms with van der Waals surface area (Å²) in [6, 6.07) is 14.5. The Hall–Kier alpha value is -1.70. The fraction of sp³-hybridized carbons (Fsp3) is 0.613. The number of hydrogen-bond donors (Lipinski definition) is 0. The first-order chi connectivity index (χ1) is 16.1. The van der Waals surface area contributed by atoms with Gasteiger partial charge < -0.3 is 0 Å². The molecule has 2 saturated carbocycles. The van der Waals surface area contributed by atoms with Crippen molar-refractivity contribution in [2.75, 3.05) is 6.67 Å². The molecule has 2 aromatic rings. The molecule has 0 nitrogen and oxygen atoms in total. The highest BCUT2D eigenvalue weighted by molar-refractivity contribution is 5.65. The van der Waals surface area contributed by atoms with Crippen molar-refractivity contribution < 1.29 is 8.78 Å². The zero-order valence-corrected chi connectivity index (χ0v) is 20.6. The largest absolute Gasteiger partial charge is 0.251 e. The number of rotatable bonds is 9. The number of hydrogen-bond acceptors (Lipinski definition) is 0. The second-order valence-corrected chi connectivity index (χ2v) is 10.8. The van der Waals surface area contributed by atoms with Crippen LogP contribution in [-0.4, -0.2) is 6.67 Å². The highest BCUT2D eigenvalue weighted by Crippen LogP contribution is 2.44. The van der Waals surface area contributed by atoms with Gasteiger partial charge in [0.05, 0.1) is 6.67 Å². The van der Waals surface area contributed by atoms with Crippen molar-refractivity contribution >= 4 is 0 Å². The molecule has 0 spiro atoms. The Morgan fingerprint density at radius 2 is 1.61 bits per heavy atom. The quantitative estimate of drug-likeness (QED) is 0.355. The topological polar surface area (TPSA) is 0 Å². The molecule has 0 heterocycles. The molecule has 180 valence electrons. The standard InChI is InChI=1S/C31H42F2/c1-2-3-8-24-9-11-25(12-10-24)26-13-15-27(16-14-26)29-18-17-28(23-30(29)33)31(21-7-22-32)19-5-4-6-20-31/h13-18,23-25H,2-12,19-22H2,1H3. The third kappa shape index (κ3) is 5.87. The number of alkyl halides is 1. The molecule has 0 amide bonds. The van der Waals surface area contributed by atoms with E-state index in [1.165, 1.54) is 56.9 Å². The van der Waals surface area contributed by atoms with Crippen molar-refractivity contribution in [1.29, 1.82) is 0 Å². The Labute approximate surface area is 200 Å². The van der Waals surface area contributed by atoms with Crippen molar-refractivity contribution in [2.24, 2.45) is 5.92 Å². The van der Waals surface area contributed by atoms with Gasteiger partial charge in [0, 0.05) is 5.56 Å². The summed E-state index contributed by atoms with van der Waals surface area (Å²) in [4.78, 5) is 0. The van der Waals surface area contributed by atoms with E-state index in [-0.39, 0.29) is 17.9 Å². The summed E-state index contributed by atoms with van der Waals surface area (Å²) in [6.45, 7) is 2.00. The average Bonchev–Trinajstić information content (AvgIpc) is 2.87. The van der Waals surface area contributed by atoms with Crippen molar-refractivity contribution in [2.45, 2.75) is 108 Å². The van der Waals surface area contributed by atoms with E-state index < -0.39 is 0 Å². The third-order valence-electron chi connectivity index (χ3n) is 8.69. The molecule has 0 N–H and O–H groups in total. The average molecular weight is 453 g/mol. The van der Waals surface area contributed by atoms with Crippen LogP contribution in [0.5, 0.6) is 0 Å². The molecule has 0 aromatic heterocycles. The van der Waals surface area contributed by atoms with Gasteiger partial charge in [-0.15, -0.1) is 0 Å². The first-order valence-electron chi connectivity index (χ1n) is 13.6. The lowest BCUT2D eigenvalue weighted by Crippen LogP contribution is -2.29. The van der Waals surface area contributed by atoms with Crippen LogP contribution in [0.1, 0.15) is 114 Å². The molecule has 2 fully saturated rings. The Bertz CT molecular complexity index is 855. The molecule has 0 saturated heterocycles. The van der Waals surface area contributed by atoms with Gasteiger partial charge in [0.15, 0.2) is 0 Å². The zero-order chi connectivity index (χ0) is 23.1. The third-order valence-corrected chi connectivity index (χ3v) is 8.69. The minimum atomic E-state index is -0.283. The molecule has 0 radical (unpaired) electrons. The van der Waals surface area contributed by atoms with Gasteiger partial charge in [0.1, 0.15) is 5.82 Å². The maximum atomic E-state index is 15.3. The van der Waals surface area contributed by atoms with Crippen LogP contribution in [0.25, 0.3) is 11.1 Å². The summed E-state index contributed by atoms with van der Waals surface area (Å²) in [5.74, 6) is 1.44. The highest BCUT2D eigenvalue weighted by Gasteiger charge is 2.34. The van der Waals surface area contributed by atoms with Gasteiger partial charge in [0.25, 0.3) is 0 Å². The monoisotopic (exact) mass is 452 g/mol. The maximum absolute atomic E-state index is 15.3.